The van der Waals surface area contributed by atoms with E-state index in [0.717, 1.165) is 32.4 Å². The molecule has 0 aromatic carbocycles. The molecule has 17 heavy (non-hydrogen) atoms. The molecule has 0 radical (unpaired) electrons. The van der Waals surface area contributed by atoms with Gasteiger partial charge in [-0.15, -0.1) is 0 Å². The fourth-order valence-electron chi connectivity index (χ4n) is 2.90. The smallest absolute Gasteiger partial charge is 0.240 e. The Hall–Kier alpha value is -0.220. The second-order valence-electron chi connectivity index (χ2n) is 5.39. The average molecular weight is 256 g/mol. The van der Waals surface area contributed by atoms with E-state index in [2.05, 4.69) is 23.8 Å². The lowest BCUT2D eigenvalue weighted by Gasteiger charge is -2.41. The zero-order valence-electron chi connectivity index (χ0n) is 11.0. The number of thioether (sulfide) groups is 1. The number of carbonyl (C=O) groups excluding carboxylic acids is 1. The highest BCUT2D eigenvalue weighted by molar-refractivity contribution is 8.00. The van der Waals surface area contributed by atoms with Gasteiger partial charge in [0.1, 0.15) is 0 Å². The van der Waals surface area contributed by atoms with Gasteiger partial charge < -0.3 is 10.6 Å². The van der Waals surface area contributed by atoms with Crippen molar-refractivity contribution in [1.29, 1.82) is 0 Å². The Morgan fingerprint density at radius 1 is 1.35 bits per heavy atom. The molecular weight excluding hydrogens is 232 g/mol. The Morgan fingerprint density at radius 3 is 2.53 bits per heavy atom. The first-order valence-corrected chi connectivity index (χ1v) is 7.97. The van der Waals surface area contributed by atoms with Crippen molar-refractivity contribution < 1.29 is 4.79 Å². The van der Waals surface area contributed by atoms with Crippen LogP contribution in [0, 0.1) is 0 Å². The minimum absolute atomic E-state index is 0.220. The first-order chi connectivity index (χ1) is 8.16. The van der Waals surface area contributed by atoms with Crippen molar-refractivity contribution in [3.8, 4) is 0 Å². The lowest BCUT2D eigenvalue weighted by molar-refractivity contribution is -0.127. The molecule has 0 spiro atoms. The molecule has 4 heteroatoms. The van der Waals surface area contributed by atoms with Gasteiger partial charge in [-0.3, -0.25) is 4.79 Å². The van der Waals surface area contributed by atoms with Gasteiger partial charge in [0.05, 0.1) is 5.54 Å². The monoisotopic (exact) mass is 256 g/mol. The third-order valence-electron chi connectivity index (χ3n) is 4.55. The molecule has 1 saturated heterocycles. The van der Waals surface area contributed by atoms with E-state index in [1.54, 1.807) is 0 Å². The highest BCUT2D eigenvalue weighted by atomic mass is 32.2. The Labute approximate surface area is 108 Å². The van der Waals surface area contributed by atoms with E-state index in [-0.39, 0.29) is 11.4 Å². The van der Waals surface area contributed by atoms with Crippen LogP contribution in [0.3, 0.4) is 0 Å². The van der Waals surface area contributed by atoms with Crippen LogP contribution < -0.4 is 10.6 Å². The summed E-state index contributed by atoms with van der Waals surface area (Å²) in [5.41, 5.74) is -0.274. The fourth-order valence-corrected chi connectivity index (χ4v) is 3.81. The van der Waals surface area contributed by atoms with E-state index in [1.807, 2.05) is 11.8 Å². The van der Waals surface area contributed by atoms with Gasteiger partial charge in [0.15, 0.2) is 0 Å². The largest absolute Gasteiger partial charge is 0.353 e. The normalized spacial score (nSPS) is 30.9. The van der Waals surface area contributed by atoms with Gasteiger partial charge in [-0.25, -0.2) is 0 Å². The molecule has 2 N–H and O–H groups in total. The molecule has 3 nitrogen and oxygen atoms in total. The van der Waals surface area contributed by atoms with Crippen molar-refractivity contribution in [2.75, 3.05) is 19.3 Å². The van der Waals surface area contributed by atoms with E-state index in [4.69, 9.17) is 0 Å². The van der Waals surface area contributed by atoms with Gasteiger partial charge >= 0.3 is 0 Å². The zero-order valence-corrected chi connectivity index (χ0v) is 11.8. The maximum Gasteiger partial charge on any atom is 0.240 e. The summed E-state index contributed by atoms with van der Waals surface area (Å²) in [5, 5.41) is 6.58. The molecule has 1 aliphatic carbocycles. The van der Waals surface area contributed by atoms with Gasteiger partial charge in [-0.2, -0.15) is 11.8 Å². The topological polar surface area (TPSA) is 41.1 Å². The van der Waals surface area contributed by atoms with Gasteiger partial charge in [0, 0.05) is 11.3 Å². The van der Waals surface area contributed by atoms with Crippen LogP contribution in [0.1, 0.15) is 45.4 Å². The minimum Gasteiger partial charge on any atom is -0.353 e. The summed E-state index contributed by atoms with van der Waals surface area (Å²) >= 11 is 1.91. The lowest BCUT2D eigenvalue weighted by atomic mass is 9.83. The van der Waals surface area contributed by atoms with Crippen molar-refractivity contribution >= 4 is 17.7 Å². The Kier molecular flexibility index (Phi) is 4.03. The van der Waals surface area contributed by atoms with Crippen molar-refractivity contribution in [3.05, 3.63) is 0 Å². The van der Waals surface area contributed by atoms with Gasteiger partial charge in [-0.05, 0) is 44.9 Å². The van der Waals surface area contributed by atoms with Crippen LogP contribution >= 0.6 is 11.8 Å². The number of amides is 1. The standard InChI is InChI=1S/C13H24N2OS/c1-3-13(8-5-9-15-13)11(16)14-10-12(17-2)6-4-7-12/h15H,3-10H2,1-2H3,(H,14,16). The second kappa shape index (κ2) is 5.19. The number of rotatable bonds is 5. The first-order valence-electron chi connectivity index (χ1n) is 6.75. The molecule has 0 bridgehead atoms. The van der Waals surface area contributed by atoms with Crippen LogP contribution in [0.4, 0.5) is 0 Å². The molecular formula is C13H24N2OS. The molecule has 0 aromatic rings. The summed E-state index contributed by atoms with van der Waals surface area (Å²) in [5.74, 6) is 0.220. The Morgan fingerprint density at radius 2 is 2.12 bits per heavy atom. The van der Waals surface area contributed by atoms with E-state index in [9.17, 15) is 4.79 Å². The molecule has 2 rings (SSSR count). The summed E-state index contributed by atoms with van der Waals surface area (Å²) in [6.45, 7) is 3.93. The maximum atomic E-state index is 12.3. The fraction of sp³-hybridized carbons (Fsp3) is 0.923. The Balaban J connectivity index is 1.88. The zero-order chi connectivity index (χ0) is 12.4. The predicted molar refractivity (Wildman–Crippen MR) is 73.4 cm³/mol. The van der Waals surface area contributed by atoms with Gasteiger partial charge in [0.2, 0.25) is 5.91 Å². The molecule has 1 atom stereocenters. The summed E-state index contributed by atoms with van der Waals surface area (Å²) < 4.78 is 0.337. The van der Waals surface area contributed by atoms with Gasteiger partial charge in [0.25, 0.3) is 0 Å². The van der Waals surface area contributed by atoms with E-state index in [1.165, 1.54) is 19.3 Å². The Bertz CT molecular complexity index is 278. The van der Waals surface area contributed by atoms with Crippen LogP contribution in [0.25, 0.3) is 0 Å². The molecule has 1 aliphatic heterocycles. The third-order valence-corrected chi connectivity index (χ3v) is 5.97. The van der Waals surface area contributed by atoms with Crippen LogP contribution in [0.15, 0.2) is 0 Å². The average Bonchev–Trinajstić information content (AvgIpc) is 2.77. The van der Waals surface area contributed by atoms with Crippen molar-refractivity contribution in [3.63, 3.8) is 0 Å². The molecule has 1 unspecified atom stereocenters. The number of carbonyl (C=O) groups is 1. The highest BCUT2D eigenvalue weighted by Crippen LogP contribution is 2.42. The SMILES string of the molecule is CCC1(C(=O)NCC2(SC)CCC2)CCCN1. The van der Waals surface area contributed by atoms with Crippen LogP contribution in [-0.4, -0.2) is 35.5 Å². The van der Waals surface area contributed by atoms with Crippen molar-refractivity contribution in [2.24, 2.45) is 0 Å². The maximum absolute atomic E-state index is 12.3. The van der Waals surface area contributed by atoms with Crippen LogP contribution in [0.5, 0.6) is 0 Å². The quantitative estimate of drug-likeness (QED) is 0.789. The molecule has 1 heterocycles. The number of nitrogens with one attached hydrogen (secondary N) is 2. The molecule has 2 fully saturated rings. The highest BCUT2D eigenvalue weighted by Gasteiger charge is 2.41. The summed E-state index contributed by atoms with van der Waals surface area (Å²) in [6, 6.07) is 0. The summed E-state index contributed by atoms with van der Waals surface area (Å²) in [4.78, 5) is 12.3. The van der Waals surface area contributed by atoms with E-state index >= 15 is 0 Å². The van der Waals surface area contributed by atoms with Gasteiger partial charge in [-0.1, -0.05) is 13.3 Å². The van der Waals surface area contributed by atoms with Crippen molar-refractivity contribution in [2.45, 2.75) is 55.7 Å². The first kappa shape index (κ1) is 13.2. The summed E-state index contributed by atoms with van der Waals surface area (Å²) in [6.07, 6.45) is 8.98. The lowest BCUT2D eigenvalue weighted by Crippen LogP contribution is -2.56. The van der Waals surface area contributed by atoms with Crippen molar-refractivity contribution in [1.82, 2.24) is 10.6 Å². The number of hydrogen-bond acceptors (Lipinski definition) is 3. The number of hydrogen-bond donors (Lipinski definition) is 2. The second-order valence-corrected chi connectivity index (χ2v) is 6.66. The molecule has 98 valence electrons. The van der Waals surface area contributed by atoms with E-state index < -0.39 is 0 Å². The minimum atomic E-state index is -0.274. The summed E-state index contributed by atoms with van der Waals surface area (Å²) in [7, 11) is 0. The molecule has 0 aromatic heterocycles. The predicted octanol–water partition coefficient (Wildman–Crippen LogP) is 1.92. The van der Waals surface area contributed by atoms with Crippen LogP contribution in [-0.2, 0) is 4.79 Å². The van der Waals surface area contributed by atoms with E-state index in [0.29, 0.717) is 4.75 Å². The molecule has 1 amide bonds. The molecule has 1 saturated carbocycles. The van der Waals surface area contributed by atoms with Crippen LogP contribution in [0.2, 0.25) is 0 Å². The molecule has 2 aliphatic rings. The third kappa shape index (κ3) is 2.48.